The molecule has 1 aromatic heterocycles. The van der Waals surface area contributed by atoms with E-state index in [4.69, 9.17) is 0 Å². The zero-order valence-corrected chi connectivity index (χ0v) is 15.6. The van der Waals surface area contributed by atoms with Gasteiger partial charge in [0.15, 0.2) is 11.6 Å². The van der Waals surface area contributed by atoms with E-state index in [2.05, 4.69) is 29.5 Å². The Hall–Kier alpha value is -2.67. The Morgan fingerprint density at radius 2 is 1.81 bits per heavy atom. The molecule has 2 aromatic carbocycles. The molecule has 27 heavy (non-hydrogen) atoms. The molecule has 0 bridgehead atoms. The first-order valence-electron chi connectivity index (χ1n) is 8.52. The van der Waals surface area contributed by atoms with E-state index in [-0.39, 0.29) is 11.7 Å². The summed E-state index contributed by atoms with van der Waals surface area (Å²) in [6.07, 6.45) is 2.61. The van der Waals surface area contributed by atoms with Gasteiger partial charge in [-0.05, 0) is 35.7 Å². The number of carbonyl (C=O) groups is 1. The molecule has 0 aliphatic carbocycles. The summed E-state index contributed by atoms with van der Waals surface area (Å²) in [5.41, 5.74) is 2.35. The number of halogens is 2. The van der Waals surface area contributed by atoms with Gasteiger partial charge in [0.25, 0.3) is 0 Å². The summed E-state index contributed by atoms with van der Waals surface area (Å²) < 4.78 is 27.9. The molecule has 0 aliphatic heterocycles. The quantitative estimate of drug-likeness (QED) is 0.607. The Balaban J connectivity index is 1.58. The van der Waals surface area contributed by atoms with E-state index in [1.807, 2.05) is 12.1 Å². The van der Waals surface area contributed by atoms with Gasteiger partial charge in [0.1, 0.15) is 5.82 Å². The van der Waals surface area contributed by atoms with Crippen LogP contribution in [-0.2, 0) is 17.8 Å². The Bertz CT molecular complexity index is 925. The highest BCUT2D eigenvalue weighted by Gasteiger charge is 2.10. The monoisotopic (exact) mass is 387 g/mol. The fourth-order valence-electron chi connectivity index (χ4n) is 2.51. The molecule has 0 unspecified atom stereocenters. The van der Waals surface area contributed by atoms with Gasteiger partial charge in [-0.15, -0.1) is 11.8 Å². The number of thioether (sulfide) groups is 1. The molecule has 0 radical (unpaired) electrons. The van der Waals surface area contributed by atoms with Gasteiger partial charge in [-0.1, -0.05) is 31.2 Å². The normalized spacial score (nSPS) is 10.8. The van der Waals surface area contributed by atoms with Crippen molar-refractivity contribution < 1.29 is 13.6 Å². The maximum absolute atomic E-state index is 13.2. The van der Waals surface area contributed by atoms with Gasteiger partial charge in [0, 0.05) is 11.0 Å². The number of aryl methyl sites for hydroxylation is 1. The third-order valence-corrected chi connectivity index (χ3v) is 5.00. The molecule has 140 valence electrons. The van der Waals surface area contributed by atoms with Crippen molar-refractivity contribution in [2.24, 2.45) is 0 Å². The van der Waals surface area contributed by atoms with Crippen molar-refractivity contribution >= 4 is 23.5 Å². The van der Waals surface area contributed by atoms with E-state index in [0.29, 0.717) is 17.3 Å². The van der Waals surface area contributed by atoms with Crippen LogP contribution in [-0.4, -0.2) is 21.4 Å². The molecule has 7 heteroatoms. The highest BCUT2D eigenvalue weighted by molar-refractivity contribution is 8.00. The van der Waals surface area contributed by atoms with Crippen molar-refractivity contribution in [3.05, 3.63) is 77.5 Å². The molecule has 0 atom stereocenters. The third kappa shape index (κ3) is 5.17. The van der Waals surface area contributed by atoms with Crippen LogP contribution in [0.4, 0.5) is 14.6 Å². The third-order valence-electron chi connectivity index (χ3n) is 4.01. The van der Waals surface area contributed by atoms with Gasteiger partial charge in [-0.3, -0.25) is 4.79 Å². The highest BCUT2D eigenvalue weighted by Crippen LogP contribution is 2.21. The molecule has 1 N–H and O–H groups in total. The maximum atomic E-state index is 13.2. The lowest BCUT2D eigenvalue weighted by Gasteiger charge is -2.10. The van der Waals surface area contributed by atoms with Crippen LogP contribution in [0.1, 0.15) is 18.1 Å². The number of benzene rings is 2. The molecule has 4 nitrogen and oxygen atoms in total. The Morgan fingerprint density at radius 3 is 2.52 bits per heavy atom. The van der Waals surface area contributed by atoms with Crippen LogP contribution < -0.4 is 5.32 Å². The van der Waals surface area contributed by atoms with E-state index in [9.17, 15) is 13.6 Å². The molecule has 0 saturated carbocycles. The lowest BCUT2D eigenvalue weighted by atomic mass is 10.1. The van der Waals surface area contributed by atoms with E-state index in [0.717, 1.165) is 35.9 Å². The van der Waals surface area contributed by atoms with Crippen LogP contribution in [0, 0.1) is 11.6 Å². The summed E-state index contributed by atoms with van der Waals surface area (Å²) in [5, 5.41) is 7.05. The number of amides is 1. The molecular formula is C20H19F2N3OS. The number of nitrogens with one attached hydrogen (secondary N) is 1. The van der Waals surface area contributed by atoms with Crippen molar-refractivity contribution in [2.75, 3.05) is 11.1 Å². The zero-order valence-electron chi connectivity index (χ0n) is 14.8. The highest BCUT2D eigenvalue weighted by atomic mass is 32.2. The number of aromatic nitrogens is 2. The van der Waals surface area contributed by atoms with Gasteiger partial charge in [-0.2, -0.15) is 5.10 Å². The molecule has 1 heterocycles. The van der Waals surface area contributed by atoms with E-state index in [1.54, 1.807) is 16.9 Å². The van der Waals surface area contributed by atoms with E-state index in [1.165, 1.54) is 11.6 Å². The average Bonchev–Trinajstić information content (AvgIpc) is 3.10. The minimum atomic E-state index is -0.924. The first kappa shape index (κ1) is 19.1. The molecule has 0 fully saturated rings. The Kier molecular flexibility index (Phi) is 6.24. The predicted octanol–water partition coefficient (Wildman–Crippen LogP) is 4.50. The SMILES string of the molecule is CCc1ccc(Cn2nccc2NC(=O)CSc2ccc(F)c(F)c2)cc1. The van der Waals surface area contributed by atoms with Crippen molar-refractivity contribution in [3.8, 4) is 0 Å². The second-order valence-corrected chi connectivity index (χ2v) is 7.01. The Labute approximate surface area is 160 Å². The lowest BCUT2D eigenvalue weighted by molar-refractivity contribution is -0.113. The Morgan fingerprint density at radius 1 is 1.07 bits per heavy atom. The summed E-state index contributed by atoms with van der Waals surface area (Å²) in [4.78, 5) is 12.7. The topological polar surface area (TPSA) is 46.9 Å². The van der Waals surface area contributed by atoms with Crippen LogP contribution in [0.2, 0.25) is 0 Å². The maximum Gasteiger partial charge on any atom is 0.235 e. The minimum absolute atomic E-state index is 0.0848. The number of nitrogens with zero attached hydrogens (tertiary/aromatic N) is 2. The van der Waals surface area contributed by atoms with Crippen molar-refractivity contribution in [3.63, 3.8) is 0 Å². The summed E-state index contributed by atoms with van der Waals surface area (Å²) in [6.45, 7) is 2.65. The zero-order chi connectivity index (χ0) is 19.2. The fraction of sp³-hybridized carbons (Fsp3) is 0.200. The number of hydrogen-bond donors (Lipinski definition) is 1. The smallest absolute Gasteiger partial charge is 0.235 e. The summed E-state index contributed by atoms with van der Waals surface area (Å²) in [5.74, 6) is -1.40. The van der Waals surface area contributed by atoms with Gasteiger partial charge >= 0.3 is 0 Å². The van der Waals surface area contributed by atoms with Crippen LogP contribution in [0.25, 0.3) is 0 Å². The standard InChI is InChI=1S/C20H19F2N3OS/c1-2-14-3-5-15(6-4-14)12-25-19(9-10-23-25)24-20(26)13-27-16-7-8-17(21)18(22)11-16/h3-11H,2,12-13H2,1H3,(H,24,26). The van der Waals surface area contributed by atoms with Crippen molar-refractivity contribution in [1.29, 1.82) is 0 Å². The molecular weight excluding hydrogens is 368 g/mol. The second kappa shape index (κ2) is 8.81. The summed E-state index contributed by atoms with van der Waals surface area (Å²) >= 11 is 1.14. The molecule has 0 aliphatic rings. The molecule has 0 spiro atoms. The largest absolute Gasteiger partial charge is 0.310 e. The van der Waals surface area contributed by atoms with E-state index < -0.39 is 11.6 Å². The molecule has 0 saturated heterocycles. The van der Waals surface area contributed by atoms with Crippen LogP contribution in [0.15, 0.2) is 59.6 Å². The van der Waals surface area contributed by atoms with Crippen molar-refractivity contribution in [1.82, 2.24) is 9.78 Å². The molecule has 3 rings (SSSR count). The number of anilines is 1. The van der Waals surface area contributed by atoms with Gasteiger partial charge in [0.2, 0.25) is 5.91 Å². The van der Waals surface area contributed by atoms with Crippen LogP contribution in [0.3, 0.4) is 0 Å². The fourth-order valence-corrected chi connectivity index (χ4v) is 3.23. The minimum Gasteiger partial charge on any atom is -0.310 e. The predicted molar refractivity (Wildman–Crippen MR) is 103 cm³/mol. The molecule has 1 amide bonds. The van der Waals surface area contributed by atoms with Crippen LogP contribution in [0.5, 0.6) is 0 Å². The number of rotatable bonds is 7. The van der Waals surface area contributed by atoms with Gasteiger partial charge < -0.3 is 5.32 Å². The second-order valence-electron chi connectivity index (χ2n) is 5.96. The van der Waals surface area contributed by atoms with Gasteiger partial charge in [0.05, 0.1) is 18.5 Å². The van der Waals surface area contributed by atoms with Crippen LogP contribution >= 0.6 is 11.8 Å². The average molecular weight is 387 g/mol. The number of hydrogen-bond acceptors (Lipinski definition) is 3. The van der Waals surface area contributed by atoms with E-state index >= 15 is 0 Å². The van der Waals surface area contributed by atoms with Gasteiger partial charge in [-0.25, -0.2) is 13.5 Å². The summed E-state index contributed by atoms with van der Waals surface area (Å²) in [7, 11) is 0. The van der Waals surface area contributed by atoms with Crippen molar-refractivity contribution in [2.45, 2.75) is 24.8 Å². The number of carbonyl (C=O) groups excluding carboxylic acids is 1. The summed E-state index contributed by atoms with van der Waals surface area (Å²) in [6, 6.07) is 13.5. The first-order chi connectivity index (χ1) is 13.0. The first-order valence-corrected chi connectivity index (χ1v) is 9.51. The lowest BCUT2D eigenvalue weighted by Crippen LogP contribution is -2.17. The molecule has 3 aromatic rings.